The fraction of sp³-hybridized carbons (Fsp3) is 0.190. The molecule has 0 saturated carbocycles. The largest absolute Gasteiger partial charge is 0.508 e. The first-order chi connectivity index (χ1) is 12.8. The molecule has 0 atom stereocenters. The van der Waals surface area contributed by atoms with Gasteiger partial charge in [0, 0.05) is 17.7 Å². The molecule has 1 heterocycles. The minimum absolute atomic E-state index is 0.0819. The Morgan fingerprint density at radius 2 is 1.89 bits per heavy atom. The number of hydrogen-bond acceptors (Lipinski definition) is 6. The number of hydrogen-bond donors (Lipinski definition) is 3. The molecule has 3 rings (SSSR count). The van der Waals surface area contributed by atoms with Crippen LogP contribution in [0.3, 0.4) is 0 Å². The highest BCUT2D eigenvalue weighted by Gasteiger charge is 2.17. The van der Waals surface area contributed by atoms with E-state index in [0.29, 0.717) is 17.5 Å². The lowest BCUT2D eigenvalue weighted by Crippen LogP contribution is -2.06. The second-order valence-electron chi connectivity index (χ2n) is 6.49. The SMILES string of the molecule is COc1cc(O)cc2occ(-c3cc(O)c(O)c(CC=C(C)C)c3)c(=O)c12. The molecule has 0 aliphatic heterocycles. The summed E-state index contributed by atoms with van der Waals surface area (Å²) in [6, 6.07) is 5.61. The third-order valence-corrected chi connectivity index (χ3v) is 4.26. The molecule has 0 fully saturated rings. The molecule has 6 nitrogen and oxygen atoms in total. The molecule has 0 bridgehead atoms. The molecule has 0 aliphatic carbocycles. The smallest absolute Gasteiger partial charge is 0.204 e. The average molecular weight is 368 g/mol. The molecule has 0 saturated heterocycles. The first kappa shape index (κ1) is 18.4. The minimum atomic E-state index is -0.369. The van der Waals surface area contributed by atoms with Crippen molar-refractivity contribution < 1.29 is 24.5 Å². The molecule has 6 heteroatoms. The van der Waals surface area contributed by atoms with Crippen molar-refractivity contribution in [3.63, 3.8) is 0 Å². The quantitative estimate of drug-likeness (QED) is 0.474. The summed E-state index contributed by atoms with van der Waals surface area (Å²) in [5, 5.41) is 30.1. The Morgan fingerprint density at radius 1 is 1.15 bits per heavy atom. The summed E-state index contributed by atoms with van der Waals surface area (Å²) in [6.07, 6.45) is 3.58. The predicted molar refractivity (Wildman–Crippen MR) is 103 cm³/mol. The maximum atomic E-state index is 13.0. The Hall–Kier alpha value is -3.41. The van der Waals surface area contributed by atoms with Crippen LogP contribution in [-0.4, -0.2) is 22.4 Å². The number of ether oxygens (including phenoxy) is 1. The van der Waals surface area contributed by atoms with Crippen molar-refractivity contribution in [2.24, 2.45) is 0 Å². The summed E-state index contributed by atoms with van der Waals surface area (Å²) in [4.78, 5) is 13.0. The zero-order valence-corrected chi connectivity index (χ0v) is 15.2. The third-order valence-electron chi connectivity index (χ3n) is 4.26. The highest BCUT2D eigenvalue weighted by molar-refractivity contribution is 5.88. The number of phenols is 3. The van der Waals surface area contributed by atoms with Crippen LogP contribution in [-0.2, 0) is 6.42 Å². The lowest BCUT2D eigenvalue weighted by molar-refractivity contribution is 0.400. The van der Waals surface area contributed by atoms with Crippen molar-refractivity contribution in [2.45, 2.75) is 20.3 Å². The van der Waals surface area contributed by atoms with Gasteiger partial charge in [-0.3, -0.25) is 4.79 Å². The molecule has 27 heavy (non-hydrogen) atoms. The van der Waals surface area contributed by atoms with E-state index in [-0.39, 0.29) is 45.0 Å². The third kappa shape index (κ3) is 3.46. The fourth-order valence-electron chi connectivity index (χ4n) is 2.87. The van der Waals surface area contributed by atoms with Crippen LogP contribution in [0.25, 0.3) is 22.1 Å². The number of rotatable bonds is 4. The summed E-state index contributed by atoms with van der Waals surface area (Å²) in [5.41, 5.74) is 1.99. The standard InChI is InChI=1S/C21H20O6/c1-11(2)4-5-12-6-13(7-16(23)20(12)24)15-10-27-18-9-14(22)8-17(26-3)19(18)21(15)25/h4,6-10,22-24H,5H2,1-3H3. The van der Waals surface area contributed by atoms with Gasteiger partial charge in [0.25, 0.3) is 0 Å². The number of fused-ring (bicyclic) bond motifs is 1. The summed E-state index contributed by atoms with van der Waals surface area (Å²) in [6.45, 7) is 3.86. The van der Waals surface area contributed by atoms with Crippen LogP contribution in [0.4, 0.5) is 0 Å². The summed E-state index contributed by atoms with van der Waals surface area (Å²) >= 11 is 0. The van der Waals surface area contributed by atoms with Crippen molar-refractivity contribution in [2.75, 3.05) is 7.11 Å². The number of allylic oxidation sites excluding steroid dienone is 2. The molecule has 0 unspecified atom stereocenters. The van der Waals surface area contributed by atoms with Crippen molar-refractivity contribution in [1.29, 1.82) is 0 Å². The van der Waals surface area contributed by atoms with Gasteiger partial charge >= 0.3 is 0 Å². The van der Waals surface area contributed by atoms with Crippen molar-refractivity contribution >= 4 is 11.0 Å². The highest BCUT2D eigenvalue weighted by atomic mass is 16.5. The van der Waals surface area contributed by atoms with Crippen LogP contribution in [0.1, 0.15) is 19.4 Å². The van der Waals surface area contributed by atoms with Crippen LogP contribution in [0, 0.1) is 0 Å². The second-order valence-corrected chi connectivity index (χ2v) is 6.49. The van der Waals surface area contributed by atoms with Gasteiger partial charge in [0.1, 0.15) is 28.7 Å². The summed E-state index contributed by atoms with van der Waals surface area (Å²) in [7, 11) is 1.39. The Kier molecular flexibility index (Phi) is 4.81. The average Bonchev–Trinajstić information content (AvgIpc) is 2.62. The van der Waals surface area contributed by atoms with Gasteiger partial charge in [-0.2, -0.15) is 0 Å². The number of benzene rings is 2. The van der Waals surface area contributed by atoms with E-state index in [1.807, 2.05) is 19.9 Å². The monoisotopic (exact) mass is 368 g/mol. The molecule has 2 aromatic carbocycles. The van der Waals surface area contributed by atoms with Crippen LogP contribution >= 0.6 is 0 Å². The lowest BCUT2D eigenvalue weighted by Gasteiger charge is -2.10. The Balaban J connectivity index is 2.24. The molecule has 0 spiro atoms. The second kappa shape index (κ2) is 7.07. The van der Waals surface area contributed by atoms with E-state index < -0.39 is 0 Å². The first-order valence-electron chi connectivity index (χ1n) is 8.33. The molecule has 0 amide bonds. The van der Waals surface area contributed by atoms with Gasteiger partial charge in [-0.15, -0.1) is 0 Å². The van der Waals surface area contributed by atoms with Gasteiger partial charge in [0.05, 0.1) is 12.7 Å². The lowest BCUT2D eigenvalue weighted by atomic mass is 9.99. The Morgan fingerprint density at radius 3 is 2.56 bits per heavy atom. The molecular formula is C21H20O6. The normalized spacial score (nSPS) is 10.8. The van der Waals surface area contributed by atoms with Crippen LogP contribution in [0.2, 0.25) is 0 Å². The minimum Gasteiger partial charge on any atom is -0.508 e. The van der Waals surface area contributed by atoms with E-state index >= 15 is 0 Å². The number of methoxy groups -OCH3 is 1. The molecule has 140 valence electrons. The zero-order valence-electron chi connectivity index (χ0n) is 15.2. The molecular weight excluding hydrogens is 348 g/mol. The highest BCUT2D eigenvalue weighted by Crippen LogP contribution is 2.36. The number of aromatic hydroxyl groups is 3. The van der Waals surface area contributed by atoms with E-state index in [1.165, 1.54) is 31.6 Å². The molecule has 0 aliphatic rings. The van der Waals surface area contributed by atoms with Crippen LogP contribution in [0.15, 0.2) is 51.4 Å². The van der Waals surface area contributed by atoms with Crippen molar-refractivity contribution in [3.05, 3.63) is 58.0 Å². The predicted octanol–water partition coefficient (Wildman–Crippen LogP) is 4.09. The maximum absolute atomic E-state index is 13.0. The van der Waals surface area contributed by atoms with Crippen molar-refractivity contribution in [1.82, 2.24) is 0 Å². The van der Waals surface area contributed by atoms with Crippen LogP contribution in [0.5, 0.6) is 23.0 Å². The topological polar surface area (TPSA) is 100 Å². The molecule has 3 aromatic rings. The van der Waals surface area contributed by atoms with E-state index in [0.717, 1.165) is 5.57 Å². The Bertz CT molecular complexity index is 1100. The van der Waals surface area contributed by atoms with Gasteiger partial charge in [-0.05, 0) is 38.0 Å². The summed E-state index contributed by atoms with van der Waals surface area (Å²) in [5.74, 6) is -0.430. The van der Waals surface area contributed by atoms with E-state index in [9.17, 15) is 20.1 Å². The van der Waals surface area contributed by atoms with Gasteiger partial charge in [0.15, 0.2) is 11.5 Å². The van der Waals surface area contributed by atoms with Gasteiger partial charge in [-0.25, -0.2) is 0 Å². The van der Waals surface area contributed by atoms with Gasteiger partial charge in [-0.1, -0.05) is 11.6 Å². The van der Waals surface area contributed by atoms with Gasteiger partial charge in [0.2, 0.25) is 5.43 Å². The van der Waals surface area contributed by atoms with E-state index in [2.05, 4.69) is 0 Å². The molecule has 1 aromatic heterocycles. The van der Waals surface area contributed by atoms with E-state index in [1.54, 1.807) is 6.07 Å². The zero-order chi connectivity index (χ0) is 19.7. The van der Waals surface area contributed by atoms with E-state index in [4.69, 9.17) is 9.15 Å². The first-order valence-corrected chi connectivity index (χ1v) is 8.33. The molecule has 0 radical (unpaired) electrons. The fourth-order valence-corrected chi connectivity index (χ4v) is 2.87. The maximum Gasteiger partial charge on any atom is 0.204 e. The van der Waals surface area contributed by atoms with Gasteiger partial charge < -0.3 is 24.5 Å². The van der Waals surface area contributed by atoms with Crippen molar-refractivity contribution in [3.8, 4) is 34.1 Å². The molecule has 3 N–H and O–H groups in total. The summed E-state index contributed by atoms with van der Waals surface area (Å²) < 4.78 is 10.7. The van der Waals surface area contributed by atoms with Crippen LogP contribution < -0.4 is 10.2 Å². The Labute approximate surface area is 155 Å². The number of phenolic OH excluding ortho intramolecular Hbond substituents is 3.